The van der Waals surface area contributed by atoms with Gasteiger partial charge in [0.05, 0.1) is 18.6 Å². The van der Waals surface area contributed by atoms with Crippen LogP contribution in [-0.2, 0) is 40.1 Å². The molecule has 0 spiro atoms. The Labute approximate surface area is 184 Å². The summed E-state index contributed by atoms with van der Waals surface area (Å²) < 4.78 is 21.8. The number of hydrogen-bond acceptors (Lipinski definition) is 10. The minimum Gasteiger partial charge on any atom is -0.428 e. The highest BCUT2D eigenvalue weighted by molar-refractivity contribution is 5.86. The second-order valence-electron chi connectivity index (χ2n) is 6.35. The third kappa shape index (κ3) is 9.34. The van der Waals surface area contributed by atoms with Crippen molar-refractivity contribution in [3.63, 3.8) is 0 Å². The average Bonchev–Trinajstić information content (AvgIpc) is 3.16. The third-order valence-electron chi connectivity index (χ3n) is 3.59. The van der Waals surface area contributed by atoms with E-state index in [1.165, 1.54) is 42.1 Å². The van der Waals surface area contributed by atoms with Gasteiger partial charge < -0.3 is 29.1 Å². The van der Waals surface area contributed by atoms with Crippen molar-refractivity contribution in [1.82, 2.24) is 9.55 Å². The lowest BCUT2D eigenvalue weighted by atomic mass is 10.2. The third-order valence-corrected chi connectivity index (χ3v) is 3.59. The number of nitro groups is 1. The van der Waals surface area contributed by atoms with Crippen LogP contribution in [0.15, 0.2) is 48.5 Å². The number of carbonyl (C=O) groups excluding carboxylic acids is 3. The molecule has 12 heteroatoms. The minimum atomic E-state index is -1.33. The van der Waals surface area contributed by atoms with E-state index < -0.39 is 41.0 Å². The number of carbonyl (C=O) groups is 3. The van der Waals surface area contributed by atoms with Crippen LogP contribution in [0.4, 0.5) is 5.95 Å². The van der Waals surface area contributed by atoms with Crippen molar-refractivity contribution < 1.29 is 38.3 Å². The number of aromatic nitrogens is 2. The van der Waals surface area contributed by atoms with Crippen molar-refractivity contribution in [2.75, 3.05) is 6.61 Å². The Morgan fingerprint density at radius 1 is 1.16 bits per heavy atom. The number of ether oxygens (including phenoxy) is 4. The van der Waals surface area contributed by atoms with Gasteiger partial charge in [-0.05, 0) is 25.7 Å². The lowest BCUT2D eigenvalue weighted by Crippen LogP contribution is -2.32. The lowest BCUT2D eigenvalue weighted by molar-refractivity contribution is -0.397. The quantitative estimate of drug-likeness (QED) is 0.116. The maximum atomic E-state index is 12.2. The fourth-order valence-corrected chi connectivity index (χ4v) is 2.21. The van der Waals surface area contributed by atoms with Crippen LogP contribution in [0.2, 0.25) is 0 Å². The zero-order valence-electron chi connectivity index (χ0n) is 18.1. The van der Waals surface area contributed by atoms with Gasteiger partial charge in [-0.3, -0.25) is 0 Å². The Balaban J connectivity index is 2.78. The summed E-state index contributed by atoms with van der Waals surface area (Å²) in [5, 5.41) is 10.9. The lowest BCUT2D eigenvalue weighted by Gasteiger charge is -2.22. The first kappa shape index (κ1) is 26.2. The second kappa shape index (κ2) is 13.5. The molecular weight excluding hydrogens is 426 g/mol. The molecule has 0 bridgehead atoms. The molecule has 1 aromatic heterocycles. The summed E-state index contributed by atoms with van der Waals surface area (Å²) in [4.78, 5) is 49.3. The highest BCUT2D eigenvalue weighted by Crippen LogP contribution is 2.14. The minimum absolute atomic E-state index is 0.0204. The Morgan fingerprint density at radius 3 is 2.41 bits per heavy atom. The molecule has 0 saturated carbocycles. The molecule has 0 fully saturated rings. The van der Waals surface area contributed by atoms with Gasteiger partial charge in [0.15, 0.2) is 6.73 Å². The number of nitrogens with zero attached hydrogens (tertiary/aromatic N) is 3. The van der Waals surface area contributed by atoms with Crippen molar-refractivity contribution in [3.05, 3.63) is 58.6 Å². The van der Waals surface area contributed by atoms with E-state index in [4.69, 9.17) is 18.9 Å². The Kier molecular flexibility index (Phi) is 11.1. The molecule has 174 valence electrons. The number of esters is 3. The fourth-order valence-electron chi connectivity index (χ4n) is 2.21. The topological polar surface area (TPSA) is 149 Å². The molecule has 0 aliphatic carbocycles. The van der Waals surface area contributed by atoms with E-state index in [1.54, 1.807) is 20.8 Å². The van der Waals surface area contributed by atoms with Gasteiger partial charge in [-0.25, -0.2) is 19.0 Å². The monoisotopic (exact) mass is 451 g/mol. The van der Waals surface area contributed by atoms with Gasteiger partial charge in [0, 0.05) is 12.2 Å². The number of imidazole rings is 1. The first-order valence-corrected chi connectivity index (χ1v) is 9.47. The first-order chi connectivity index (χ1) is 15.2. The Morgan fingerprint density at radius 2 is 1.78 bits per heavy atom. The summed E-state index contributed by atoms with van der Waals surface area (Å²) >= 11 is 0. The predicted octanol–water partition coefficient (Wildman–Crippen LogP) is 2.41. The van der Waals surface area contributed by atoms with Gasteiger partial charge in [0.2, 0.25) is 0 Å². The summed E-state index contributed by atoms with van der Waals surface area (Å²) in [6, 6.07) is 0. The Bertz CT molecular complexity index is 902. The van der Waals surface area contributed by atoms with Gasteiger partial charge in [0.25, 0.3) is 6.29 Å². The SMILES string of the molecule is CC=CC(=O)OC(C)=CC(=O)OC(OC(=O)C=CC)C(C)COCn1ccnc1[N+](=O)[O-]. The molecule has 32 heavy (non-hydrogen) atoms. The van der Waals surface area contributed by atoms with Crippen LogP contribution in [0.5, 0.6) is 0 Å². The van der Waals surface area contributed by atoms with Crippen LogP contribution in [0, 0.1) is 16.0 Å². The van der Waals surface area contributed by atoms with Crippen LogP contribution in [0.3, 0.4) is 0 Å². The van der Waals surface area contributed by atoms with Gasteiger partial charge in [0.1, 0.15) is 18.2 Å². The van der Waals surface area contributed by atoms with E-state index >= 15 is 0 Å². The number of rotatable bonds is 12. The van der Waals surface area contributed by atoms with E-state index in [-0.39, 0.29) is 19.1 Å². The second-order valence-corrected chi connectivity index (χ2v) is 6.35. The van der Waals surface area contributed by atoms with Crippen LogP contribution in [0.25, 0.3) is 0 Å². The summed E-state index contributed by atoms with van der Waals surface area (Å²) in [6.07, 6.45) is 7.47. The van der Waals surface area contributed by atoms with Crippen molar-refractivity contribution in [2.24, 2.45) is 5.92 Å². The number of allylic oxidation sites excluding steroid dienone is 3. The molecule has 1 aromatic rings. The highest BCUT2D eigenvalue weighted by atomic mass is 16.7. The zero-order valence-corrected chi connectivity index (χ0v) is 18.1. The molecule has 2 unspecified atom stereocenters. The predicted molar refractivity (Wildman–Crippen MR) is 109 cm³/mol. The van der Waals surface area contributed by atoms with E-state index in [2.05, 4.69) is 4.98 Å². The van der Waals surface area contributed by atoms with E-state index in [0.717, 1.165) is 12.2 Å². The number of hydrogen-bond donors (Lipinski definition) is 0. The zero-order chi connectivity index (χ0) is 24.1. The van der Waals surface area contributed by atoms with Gasteiger partial charge >= 0.3 is 23.9 Å². The normalized spacial score (nSPS) is 13.7. The summed E-state index contributed by atoms with van der Waals surface area (Å²) in [7, 11) is 0. The average molecular weight is 451 g/mol. The van der Waals surface area contributed by atoms with Gasteiger partial charge in [-0.15, -0.1) is 0 Å². The summed E-state index contributed by atoms with van der Waals surface area (Å²) in [5.74, 6) is -3.38. The smallest absolute Gasteiger partial charge is 0.428 e. The molecule has 12 nitrogen and oxygen atoms in total. The summed E-state index contributed by atoms with van der Waals surface area (Å²) in [5.41, 5.74) is 0. The maximum absolute atomic E-state index is 12.2. The molecule has 0 aliphatic heterocycles. The molecule has 0 aromatic carbocycles. The van der Waals surface area contributed by atoms with Crippen molar-refractivity contribution in [1.29, 1.82) is 0 Å². The summed E-state index contributed by atoms with van der Waals surface area (Å²) in [6.45, 7) is 5.95. The van der Waals surface area contributed by atoms with E-state index in [9.17, 15) is 24.5 Å². The standard InChI is InChI=1S/C20H25N3O9/c1-5-7-16(24)30-15(4)11-18(26)32-19(31-17(25)8-6-2)14(3)12-29-13-22-10-9-21-20(22)23(27)28/h5-11,14,19H,12-13H2,1-4H3. The largest absolute Gasteiger partial charge is 0.436 e. The molecular formula is C20H25N3O9. The van der Waals surface area contributed by atoms with Gasteiger partial charge in [-0.1, -0.05) is 24.1 Å². The highest BCUT2D eigenvalue weighted by Gasteiger charge is 2.26. The van der Waals surface area contributed by atoms with Crippen LogP contribution < -0.4 is 0 Å². The van der Waals surface area contributed by atoms with Crippen molar-refractivity contribution in [2.45, 2.75) is 40.7 Å². The molecule has 0 amide bonds. The van der Waals surface area contributed by atoms with Gasteiger partial charge in [-0.2, -0.15) is 0 Å². The molecule has 1 rings (SSSR count). The van der Waals surface area contributed by atoms with E-state index in [1.807, 2.05) is 0 Å². The Hall–Kier alpha value is -3.80. The van der Waals surface area contributed by atoms with E-state index in [0.29, 0.717) is 0 Å². The van der Waals surface area contributed by atoms with Crippen LogP contribution in [-0.4, -0.2) is 45.3 Å². The molecule has 1 heterocycles. The molecule has 2 atom stereocenters. The van der Waals surface area contributed by atoms with Crippen molar-refractivity contribution in [3.8, 4) is 0 Å². The first-order valence-electron chi connectivity index (χ1n) is 9.47. The van der Waals surface area contributed by atoms with Crippen LogP contribution in [0.1, 0.15) is 27.7 Å². The fraction of sp³-hybridized carbons (Fsp3) is 0.400. The molecule has 0 saturated heterocycles. The maximum Gasteiger partial charge on any atom is 0.436 e. The molecule has 0 aliphatic rings. The molecule has 0 radical (unpaired) electrons. The van der Waals surface area contributed by atoms with Crippen molar-refractivity contribution >= 4 is 23.9 Å². The molecule has 0 N–H and O–H groups in total. The van der Waals surface area contributed by atoms with Crippen LogP contribution >= 0.6 is 0 Å².